The van der Waals surface area contributed by atoms with Crippen LogP contribution in [0.3, 0.4) is 0 Å². The number of aromatic nitrogens is 2. The number of rotatable bonds is 13. The molecule has 0 saturated heterocycles. The minimum Gasteiger partial charge on any atom is -0.497 e. The summed E-state index contributed by atoms with van der Waals surface area (Å²) in [6, 6.07) is 17.5. The maximum absolute atomic E-state index is 10.5. The molecule has 0 radical (unpaired) electrons. The average Bonchev–Trinajstić information content (AvgIpc) is 3.13. The van der Waals surface area contributed by atoms with Crippen LogP contribution >= 0.6 is 0 Å². The molecule has 3 aromatic rings. The number of benzene rings is 2. The molecule has 1 atom stereocenters. The molecule has 2 aromatic carbocycles. The highest BCUT2D eigenvalue weighted by Crippen LogP contribution is 2.32. The summed E-state index contributed by atoms with van der Waals surface area (Å²) in [6.07, 6.45) is 0.493. The Balaban J connectivity index is 1.91. The Hall–Kier alpha value is -2.87. The minimum absolute atomic E-state index is 0.0881. The topological polar surface area (TPSA) is 69.0 Å². The third kappa shape index (κ3) is 7.06. The van der Waals surface area contributed by atoms with Crippen LogP contribution in [0.5, 0.6) is 17.4 Å². The van der Waals surface area contributed by atoms with Crippen LogP contribution in [0.1, 0.15) is 38.4 Å². The first-order valence-electron chi connectivity index (χ1n) is 11.9. The van der Waals surface area contributed by atoms with Crippen molar-refractivity contribution in [3.63, 3.8) is 0 Å². The Bertz CT molecular complexity index is 1000. The maximum atomic E-state index is 10.5. The van der Waals surface area contributed by atoms with E-state index in [2.05, 4.69) is 11.8 Å². The van der Waals surface area contributed by atoms with Gasteiger partial charge in [-0.2, -0.15) is 5.10 Å². The predicted octanol–water partition coefficient (Wildman–Crippen LogP) is 4.98. The van der Waals surface area contributed by atoms with Crippen molar-refractivity contribution in [1.29, 1.82) is 0 Å². The fourth-order valence-electron chi connectivity index (χ4n) is 3.75. The summed E-state index contributed by atoms with van der Waals surface area (Å²) in [4.78, 5) is 2.23. The summed E-state index contributed by atoms with van der Waals surface area (Å²) in [5.41, 5.74) is 2.80. The molecular weight excluding hydrogens is 430 g/mol. The summed E-state index contributed by atoms with van der Waals surface area (Å²) in [5, 5.41) is 15.4. The Morgan fingerprint density at radius 3 is 2.32 bits per heavy atom. The van der Waals surface area contributed by atoms with Gasteiger partial charge in [-0.25, -0.2) is 4.68 Å². The van der Waals surface area contributed by atoms with E-state index < -0.39 is 6.10 Å². The van der Waals surface area contributed by atoms with Crippen molar-refractivity contribution in [3.8, 4) is 23.1 Å². The van der Waals surface area contributed by atoms with E-state index in [0.717, 1.165) is 35.7 Å². The van der Waals surface area contributed by atoms with Gasteiger partial charge in [0, 0.05) is 13.1 Å². The van der Waals surface area contributed by atoms with E-state index in [1.165, 1.54) is 0 Å². The van der Waals surface area contributed by atoms with Crippen molar-refractivity contribution >= 4 is 0 Å². The number of aryl methyl sites for hydroxylation is 1. The van der Waals surface area contributed by atoms with Gasteiger partial charge in [-0.15, -0.1) is 0 Å². The van der Waals surface area contributed by atoms with Gasteiger partial charge in [0.1, 0.15) is 11.5 Å². The van der Waals surface area contributed by atoms with Gasteiger partial charge in [0.15, 0.2) is 0 Å². The monoisotopic (exact) mass is 467 g/mol. The summed E-state index contributed by atoms with van der Waals surface area (Å²) < 4.78 is 19.1. The smallest absolute Gasteiger partial charge is 0.227 e. The van der Waals surface area contributed by atoms with E-state index in [1.807, 2.05) is 80.1 Å². The highest BCUT2D eigenvalue weighted by atomic mass is 16.5. The number of aliphatic hydroxyl groups excluding tert-OH is 1. The Morgan fingerprint density at radius 2 is 1.71 bits per heavy atom. The number of ether oxygens (including phenoxy) is 3. The van der Waals surface area contributed by atoms with Crippen LogP contribution in [-0.4, -0.2) is 58.8 Å². The third-order valence-corrected chi connectivity index (χ3v) is 5.42. The SMILES string of the molecule is CCCN(Cc1c(C)nn(-c2ccccc2)c1Oc1ccc(OC)cc1)C[C@H](O)COC(C)C. The molecule has 3 rings (SSSR count). The van der Waals surface area contributed by atoms with Gasteiger partial charge in [-0.05, 0) is 70.1 Å². The quantitative estimate of drug-likeness (QED) is 0.382. The van der Waals surface area contributed by atoms with Crippen molar-refractivity contribution < 1.29 is 19.3 Å². The van der Waals surface area contributed by atoms with Crippen LogP contribution < -0.4 is 9.47 Å². The zero-order valence-electron chi connectivity index (χ0n) is 20.9. The second kappa shape index (κ2) is 12.6. The number of methoxy groups -OCH3 is 1. The van der Waals surface area contributed by atoms with Gasteiger partial charge < -0.3 is 19.3 Å². The van der Waals surface area contributed by atoms with E-state index in [-0.39, 0.29) is 6.10 Å². The van der Waals surface area contributed by atoms with Crippen LogP contribution in [0.25, 0.3) is 5.69 Å². The molecule has 0 aliphatic rings. The lowest BCUT2D eigenvalue weighted by molar-refractivity contribution is -0.00957. The van der Waals surface area contributed by atoms with E-state index >= 15 is 0 Å². The first-order valence-corrected chi connectivity index (χ1v) is 11.9. The minimum atomic E-state index is -0.565. The molecule has 0 spiro atoms. The summed E-state index contributed by atoms with van der Waals surface area (Å²) in [6.45, 7) is 10.4. The lowest BCUT2D eigenvalue weighted by Gasteiger charge is -2.25. The molecule has 34 heavy (non-hydrogen) atoms. The van der Waals surface area contributed by atoms with Crippen LogP contribution in [0.15, 0.2) is 54.6 Å². The molecule has 184 valence electrons. The highest BCUT2D eigenvalue weighted by molar-refractivity contribution is 5.44. The first kappa shape index (κ1) is 25.7. The molecular formula is C27H37N3O4. The number of aliphatic hydroxyl groups is 1. The summed E-state index contributed by atoms with van der Waals surface area (Å²) >= 11 is 0. The molecule has 0 fully saturated rings. The van der Waals surface area contributed by atoms with E-state index in [4.69, 9.17) is 19.3 Å². The molecule has 1 heterocycles. The predicted molar refractivity (Wildman–Crippen MR) is 134 cm³/mol. The zero-order chi connectivity index (χ0) is 24.5. The molecule has 0 unspecified atom stereocenters. The van der Waals surface area contributed by atoms with Gasteiger partial charge in [0.2, 0.25) is 5.88 Å². The van der Waals surface area contributed by atoms with Crippen molar-refractivity contribution in [2.75, 3.05) is 26.8 Å². The highest BCUT2D eigenvalue weighted by Gasteiger charge is 2.22. The maximum Gasteiger partial charge on any atom is 0.227 e. The molecule has 0 aliphatic heterocycles. The number of para-hydroxylation sites is 1. The molecule has 7 heteroatoms. The zero-order valence-corrected chi connectivity index (χ0v) is 20.9. The molecule has 0 saturated carbocycles. The first-order chi connectivity index (χ1) is 16.4. The van der Waals surface area contributed by atoms with Gasteiger partial charge >= 0.3 is 0 Å². The normalized spacial score (nSPS) is 12.4. The largest absolute Gasteiger partial charge is 0.497 e. The van der Waals surface area contributed by atoms with Crippen LogP contribution in [0, 0.1) is 6.92 Å². The second-order valence-electron chi connectivity index (χ2n) is 8.67. The fraction of sp³-hybridized carbons (Fsp3) is 0.444. The number of hydrogen-bond donors (Lipinski definition) is 1. The van der Waals surface area contributed by atoms with Gasteiger partial charge in [0.05, 0.1) is 42.9 Å². The van der Waals surface area contributed by atoms with E-state index in [1.54, 1.807) is 7.11 Å². The van der Waals surface area contributed by atoms with Crippen molar-refractivity contribution in [1.82, 2.24) is 14.7 Å². The van der Waals surface area contributed by atoms with Crippen molar-refractivity contribution in [3.05, 3.63) is 65.9 Å². The lowest BCUT2D eigenvalue weighted by atomic mass is 10.2. The second-order valence-corrected chi connectivity index (χ2v) is 8.67. The Kier molecular flexibility index (Phi) is 9.51. The molecule has 7 nitrogen and oxygen atoms in total. The van der Waals surface area contributed by atoms with Crippen LogP contribution in [-0.2, 0) is 11.3 Å². The molecule has 1 N–H and O–H groups in total. The van der Waals surface area contributed by atoms with Gasteiger partial charge in [-0.3, -0.25) is 4.90 Å². The average molecular weight is 468 g/mol. The standard InChI is InChI=1S/C27H37N3O4/c1-6-16-29(17-23(31)19-33-20(2)3)18-26-21(4)28-30(22-10-8-7-9-11-22)27(26)34-25-14-12-24(32-5)13-15-25/h7-15,20,23,31H,6,16-19H2,1-5H3/t23-/m0/s1. The van der Waals surface area contributed by atoms with Crippen molar-refractivity contribution in [2.24, 2.45) is 0 Å². The molecule has 0 amide bonds. The van der Waals surface area contributed by atoms with Crippen LogP contribution in [0.2, 0.25) is 0 Å². The summed E-state index contributed by atoms with van der Waals surface area (Å²) in [7, 11) is 1.64. The summed E-state index contributed by atoms with van der Waals surface area (Å²) in [5.74, 6) is 2.14. The Morgan fingerprint density at radius 1 is 1.03 bits per heavy atom. The van der Waals surface area contributed by atoms with Crippen molar-refractivity contribution in [2.45, 2.75) is 52.9 Å². The fourth-order valence-corrected chi connectivity index (χ4v) is 3.75. The number of nitrogens with zero attached hydrogens (tertiary/aromatic N) is 3. The third-order valence-electron chi connectivity index (χ3n) is 5.42. The Labute approximate surface area is 202 Å². The van der Waals surface area contributed by atoms with E-state index in [9.17, 15) is 5.11 Å². The number of hydrogen-bond acceptors (Lipinski definition) is 6. The van der Waals surface area contributed by atoms with Crippen LogP contribution in [0.4, 0.5) is 0 Å². The molecule has 0 bridgehead atoms. The lowest BCUT2D eigenvalue weighted by Crippen LogP contribution is -2.35. The molecule has 0 aliphatic carbocycles. The van der Waals surface area contributed by atoms with Gasteiger partial charge in [0.25, 0.3) is 0 Å². The molecule has 1 aromatic heterocycles. The van der Waals surface area contributed by atoms with Gasteiger partial charge in [-0.1, -0.05) is 25.1 Å². The van der Waals surface area contributed by atoms with E-state index in [0.29, 0.717) is 31.3 Å².